The van der Waals surface area contributed by atoms with Gasteiger partial charge in [-0.25, -0.2) is 9.89 Å². The first kappa shape index (κ1) is 14.7. The summed E-state index contributed by atoms with van der Waals surface area (Å²) in [5, 5.41) is 19.0. The van der Waals surface area contributed by atoms with Gasteiger partial charge in [0.25, 0.3) is 5.56 Å². The number of hydrogen-bond donors (Lipinski definition) is 4. The van der Waals surface area contributed by atoms with Gasteiger partial charge in [0.1, 0.15) is 5.76 Å². The molecule has 1 aliphatic carbocycles. The minimum Gasteiger partial charge on any atom is -0.511 e. The van der Waals surface area contributed by atoms with Gasteiger partial charge in [-0.05, 0) is 5.41 Å². The van der Waals surface area contributed by atoms with Gasteiger partial charge in [-0.15, -0.1) is 5.10 Å². The van der Waals surface area contributed by atoms with E-state index in [0.29, 0.717) is 12.8 Å². The number of hydrazone groups is 1. The van der Waals surface area contributed by atoms with Crippen molar-refractivity contribution in [3.63, 3.8) is 0 Å². The molecule has 21 heavy (non-hydrogen) atoms. The first-order chi connectivity index (χ1) is 9.78. The normalized spacial score (nSPS) is 18.3. The summed E-state index contributed by atoms with van der Waals surface area (Å²) >= 11 is 0. The predicted octanol–water partition coefficient (Wildman–Crippen LogP) is 0.0571. The summed E-state index contributed by atoms with van der Waals surface area (Å²) in [6, 6.07) is 0. The minimum absolute atomic E-state index is 0.0369. The average Bonchev–Trinajstić information content (AvgIpc) is 2.33. The van der Waals surface area contributed by atoms with Gasteiger partial charge >= 0.3 is 5.69 Å². The zero-order chi connectivity index (χ0) is 15.6. The topological polar surface area (TPSA) is 140 Å². The molecule has 9 heteroatoms. The maximum Gasteiger partial charge on any atom is 0.342 e. The van der Waals surface area contributed by atoms with Crippen LogP contribution in [-0.4, -0.2) is 32.3 Å². The van der Waals surface area contributed by atoms with Crippen molar-refractivity contribution < 1.29 is 9.90 Å². The number of aliphatic hydroxyl groups excluding tert-OH is 1. The van der Waals surface area contributed by atoms with E-state index in [1.165, 1.54) is 0 Å². The molecule has 1 aromatic rings. The quantitative estimate of drug-likeness (QED) is 0.458. The Bertz CT molecular complexity index is 741. The molecular weight excluding hydrogens is 278 g/mol. The number of rotatable bonds is 3. The maximum atomic E-state index is 11.9. The molecule has 9 nitrogen and oxygen atoms in total. The Morgan fingerprint density at radius 2 is 2.05 bits per heavy atom. The predicted molar refractivity (Wildman–Crippen MR) is 75.3 cm³/mol. The second kappa shape index (κ2) is 5.35. The standard InChI is InChI=1S/C12H15N5O4/c1-12(2)3-7(18)6(8(19)4-12)5-13-15-9-10(20)14-11(21)17-16-9/h5,18H,3-4H2,1-2H3,(H,15,16)(H2,14,17,20,21). The largest absolute Gasteiger partial charge is 0.511 e. The van der Waals surface area contributed by atoms with Crippen LogP contribution in [-0.2, 0) is 4.79 Å². The number of aromatic amines is 2. The number of H-pyrrole nitrogens is 2. The van der Waals surface area contributed by atoms with Crippen LogP contribution in [0.15, 0.2) is 26.0 Å². The van der Waals surface area contributed by atoms with Gasteiger partial charge in [0.2, 0.25) is 5.82 Å². The Labute approximate surface area is 118 Å². The van der Waals surface area contributed by atoms with E-state index in [-0.39, 0.29) is 28.3 Å². The number of nitrogens with one attached hydrogen (secondary N) is 3. The van der Waals surface area contributed by atoms with Crippen molar-refractivity contribution in [2.24, 2.45) is 10.5 Å². The van der Waals surface area contributed by atoms with Crippen molar-refractivity contribution in [3.8, 4) is 0 Å². The Kier molecular flexibility index (Phi) is 3.74. The molecule has 112 valence electrons. The van der Waals surface area contributed by atoms with Gasteiger partial charge < -0.3 is 5.11 Å². The number of anilines is 1. The van der Waals surface area contributed by atoms with E-state index >= 15 is 0 Å². The molecule has 4 N–H and O–H groups in total. The summed E-state index contributed by atoms with van der Waals surface area (Å²) in [5.74, 6) is -0.489. The summed E-state index contributed by atoms with van der Waals surface area (Å²) in [6.07, 6.45) is 1.81. The van der Waals surface area contributed by atoms with Crippen molar-refractivity contribution in [1.29, 1.82) is 0 Å². The lowest BCUT2D eigenvalue weighted by atomic mass is 9.77. The highest BCUT2D eigenvalue weighted by Crippen LogP contribution is 2.34. The zero-order valence-corrected chi connectivity index (χ0v) is 11.6. The van der Waals surface area contributed by atoms with Crippen molar-refractivity contribution in [3.05, 3.63) is 32.2 Å². The number of carbonyl (C=O) groups excluding carboxylic acids is 1. The van der Waals surface area contributed by atoms with Gasteiger partial charge in [0.05, 0.1) is 11.8 Å². The fourth-order valence-corrected chi connectivity index (χ4v) is 2.03. The Morgan fingerprint density at radius 1 is 1.33 bits per heavy atom. The van der Waals surface area contributed by atoms with Gasteiger partial charge in [-0.1, -0.05) is 13.8 Å². The van der Waals surface area contributed by atoms with Crippen LogP contribution >= 0.6 is 0 Å². The molecule has 0 fully saturated rings. The number of carbonyl (C=O) groups is 1. The fourth-order valence-electron chi connectivity index (χ4n) is 2.03. The van der Waals surface area contributed by atoms with E-state index in [0.717, 1.165) is 6.21 Å². The number of hydrogen-bond acceptors (Lipinski definition) is 7. The highest BCUT2D eigenvalue weighted by atomic mass is 16.3. The third kappa shape index (κ3) is 3.44. The van der Waals surface area contributed by atoms with Crippen LogP contribution in [0.5, 0.6) is 0 Å². The lowest BCUT2D eigenvalue weighted by Gasteiger charge is -2.28. The van der Waals surface area contributed by atoms with Crippen LogP contribution in [0.25, 0.3) is 0 Å². The van der Waals surface area contributed by atoms with E-state index in [2.05, 4.69) is 15.6 Å². The van der Waals surface area contributed by atoms with E-state index in [1.54, 1.807) is 0 Å². The number of Topliss-reactive ketones (excluding diaryl/α,β-unsaturated/α-hetero) is 1. The average molecular weight is 293 g/mol. The third-order valence-electron chi connectivity index (χ3n) is 2.97. The molecule has 0 unspecified atom stereocenters. The summed E-state index contributed by atoms with van der Waals surface area (Å²) in [4.78, 5) is 36.0. The molecule has 0 saturated carbocycles. The number of nitrogens with zero attached hydrogens (tertiary/aromatic N) is 2. The van der Waals surface area contributed by atoms with Gasteiger partial charge in [-0.2, -0.15) is 5.10 Å². The molecule has 2 rings (SSSR count). The van der Waals surface area contributed by atoms with Gasteiger partial charge in [0, 0.05) is 12.8 Å². The first-order valence-corrected chi connectivity index (χ1v) is 6.22. The first-order valence-electron chi connectivity index (χ1n) is 6.22. The molecule has 1 heterocycles. The zero-order valence-electron chi connectivity index (χ0n) is 11.6. The second-order valence-electron chi connectivity index (χ2n) is 5.53. The molecule has 0 aliphatic heterocycles. The van der Waals surface area contributed by atoms with Gasteiger partial charge in [0.15, 0.2) is 5.78 Å². The SMILES string of the molecule is CC1(C)CC(=O)C(C=NNc2n[nH]c(=O)[nH]c2=O)=C(O)C1. The molecule has 0 saturated heterocycles. The van der Waals surface area contributed by atoms with Crippen molar-refractivity contribution >= 4 is 17.8 Å². The van der Waals surface area contributed by atoms with Crippen molar-refractivity contribution in [1.82, 2.24) is 15.2 Å². The summed E-state index contributed by atoms with van der Waals surface area (Å²) < 4.78 is 0. The minimum atomic E-state index is -0.745. The number of aromatic nitrogens is 3. The van der Waals surface area contributed by atoms with Crippen LogP contribution in [0.4, 0.5) is 5.82 Å². The third-order valence-corrected chi connectivity index (χ3v) is 2.97. The Hall–Kier alpha value is -2.71. The molecule has 0 atom stereocenters. The Balaban J connectivity index is 2.16. The smallest absolute Gasteiger partial charge is 0.342 e. The van der Waals surface area contributed by atoms with Crippen LogP contribution < -0.4 is 16.7 Å². The van der Waals surface area contributed by atoms with Gasteiger partial charge in [-0.3, -0.25) is 20.0 Å². The van der Waals surface area contributed by atoms with Crippen molar-refractivity contribution in [2.75, 3.05) is 5.43 Å². The lowest BCUT2D eigenvalue weighted by molar-refractivity contribution is -0.117. The van der Waals surface area contributed by atoms with Crippen LogP contribution in [0.1, 0.15) is 26.7 Å². The molecule has 1 aromatic heterocycles. The van der Waals surface area contributed by atoms with Crippen LogP contribution in [0.2, 0.25) is 0 Å². The summed E-state index contributed by atoms with van der Waals surface area (Å²) in [6.45, 7) is 3.77. The molecule has 0 spiro atoms. The molecule has 0 radical (unpaired) electrons. The molecule has 1 aliphatic rings. The van der Waals surface area contributed by atoms with E-state index < -0.39 is 11.2 Å². The highest BCUT2D eigenvalue weighted by molar-refractivity contribution is 6.14. The van der Waals surface area contributed by atoms with Crippen LogP contribution in [0, 0.1) is 5.41 Å². The number of aliphatic hydroxyl groups is 1. The lowest BCUT2D eigenvalue weighted by Crippen LogP contribution is -2.27. The van der Waals surface area contributed by atoms with E-state index in [1.807, 2.05) is 23.9 Å². The maximum absolute atomic E-state index is 11.9. The summed E-state index contributed by atoms with van der Waals surface area (Å²) in [5.41, 5.74) is 0.626. The number of ketones is 1. The molecule has 0 aromatic carbocycles. The van der Waals surface area contributed by atoms with Crippen molar-refractivity contribution in [2.45, 2.75) is 26.7 Å². The fraction of sp³-hybridized carbons (Fsp3) is 0.417. The molecular formula is C12H15N5O4. The number of allylic oxidation sites excluding steroid dienone is 2. The highest BCUT2D eigenvalue weighted by Gasteiger charge is 2.32. The van der Waals surface area contributed by atoms with Crippen LogP contribution in [0.3, 0.4) is 0 Å². The molecule has 0 amide bonds. The Morgan fingerprint density at radius 3 is 2.67 bits per heavy atom. The second-order valence-corrected chi connectivity index (χ2v) is 5.53. The van der Waals surface area contributed by atoms with E-state index in [9.17, 15) is 19.5 Å². The van der Waals surface area contributed by atoms with E-state index in [4.69, 9.17) is 0 Å². The molecule has 0 bridgehead atoms. The summed E-state index contributed by atoms with van der Waals surface area (Å²) in [7, 11) is 0. The monoisotopic (exact) mass is 293 g/mol.